The maximum atomic E-state index is 12.9. The molecule has 3 rings (SSSR count). The van der Waals surface area contributed by atoms with E-state index in [1.54, 1.807) is 6.20 Å². The Morgan fingerprint density at radius 1 is 1.24 bits per heavy atom. The molecule has 0 spiro atoms. The second kappa shape index (κ2) is 7.39. The molecule has 2 aliphatic rings. The van der Waals surface area contributed by atoms with Crippen molar-refractivity contribution in [1.29, 1.82) is 0 Å². The van der Waals surface area contributed by atoms with E-state index in [2.05, 4.69) is 15.2 Å². The van der Waals surface area contributed by atoms with Crippen molar-refractivity contribution >= 4 is 11.9 Å². The van der Waals surface area contributed by atoms with E-state index in [0.717, 1.165) is 56.0 Å². The molecule has 2 unspecified atom stereocenters. The lowest BCUT2D eigenvalue weighted by Gasteiger charge is -2.22. The number of urea groups is 1. The summed E-state index contributed by atoms with van der Waals surface area (Å²) in [5.41, 5.74) is 7.64. The summed E-state index contributed by atoms with van der Waals surface area (Å²) in [5.74, 6) is 1.21. The molecule has 3 amide bonds. The van der Waals surface area contributed by atoms with Gasteiger partial charge < -0.3 is 20.9 Å². The number of nitrogens with zero attached hydrogens (tertiary/aromatic N) is 3. The summed E-state index contributed by atoms with van der Waals surface area (Å²) in [6.45, 7) is 9.15. The third kappa shape index (κ3) is 3.92. The van der Waals surface area contributed by atoms with Crippen LogP contribution in [-0.2, 0) is 0 Å². The molecule has 2 fully saturated rings. The van der Waals surface area contributed by atoms with Crippen molar-refractivity contribution in [2.75, 3.05) is 39.3 Å². The molecule has 1 aromatic heterocycles. The van der Waals surface area contributed by atoms with Gasteiger partial charge in [-0.2, -0.15) is 0 Å². The predicted octanol–water partition coefficient (Wildman–Crippen LogP) is 0.761. The van der Waals surface area contributed by atoms with Gasteiger partial charge in [-0.3, -0.25) is 9.78 Å². The van der Waals surface area contributed by atoms with Crippen LogP contribution in [0, 0.1) is 25.7 Å². The standard InChI is InChI=1S/C18H27N5O2/c1-12-4-6-20-13(2)16(12)17(24)23-10-14-8-22(9-15(14)11-23)7-3-5-21-18(19)25/h4,6,14-15H,3,5,7-11H2,1-2H3,(H3,19,21,25). The first kappa shape index (κ1) is 17.7. The number of rotatable bonds is 5. The first-order valence-electron chi connectivity index (χ1n) is 8.93. The van der Waals surface area contributed by atoms with Gasteiger partial charge in [-0.05, 0) is 50.3 Å². The summed E-state index contributed by atoms with van der Waals surface area (Å²) in [5, 5.41) is 2.62. The molecule has 0 aliphatic carbocycles. The number of nitrogens with two attached hydrogens (primary N) is 1. The average molecular weight is 345 g/mol. The fourth-order valence-electron chi connectivity index (χ4n) is 4.13. The molecule has 25 heavy (non-hydrogen) atoms. The van der Waals surface area contributed by atoms with Gasteiger partial charge >= 0.3 is 6.03 Å². The molecule has 7 heteroatoms. The fraction of sp³-hybridized carbons (Fsp3) is 0.611. The molecule has 0 radical (unpaired) electrons. The van der Waals surface area contributed by atoms with Gasteiger partial charge in [-0.25, -0.2) is 4.79 Å². The predicted molar refractivity (Wildman–Crippen MR) is 95.2 cm³/mol. The molecule has 0 aromatic carbocycles. The van der Waals surface area contributed by atoms with Gasteiger partial charge in [-0.1, -0.05) is 0 Å². The molecule has 136 valence electrons. The van der Waals surface area contributed by atoms with Crippen LogP contribution in [0.15, 0.2) is 12.3 Å². The zero-order valence-electron chi connectivity index (χ0n) is 15.0. The summed E-state index contributed by atoms with van der Waals surface area (Å²) in [4.78, 5) is 32.3. The molecular formula is C18H27N5O2. The van der Waals surface area contributed by atoms with Crippen LogP contribution in [0.5, 0.6) is 0 Å². The van der Waals surface area contributed by atoms with E-state index in [-0.39, 0.29) is 5.91 Å². The van der Waals surface area contributed by atoms with Gasteiger partial charge in [-0.15, -0.1) is 0 Å². The monoisotopic (exact) mass is 345 g/mol. The number of carbonyl (C=O) groups is 2. The molecule has 1 aromatic rings. The first-order valence-corrected chi connectivity index (χ1v) is 8.93. The van der Waals surface area contributed by atoms with Gasteiger partial charge in [0.05, 0.1) is 11.3 Å². The number of fused-ring (bicyclic) bond motifs is 1. The number of amides is 3. The van der Waals surface area contributed by atoms with E-state index in [1.165, 1.54) is 0 Å². The van der Waals surface area contributed by atoms with E-state index < -0.39 is 6.03 Å². The van der Waals surface area contributed by atoms with Crippen LogP contribution in [0.3, 0.4) is 0 Å². The second-order valence-electron chi connectivity index (χ2n) is 7.22. The molecule has 2 saturated heterocycles. The summed E-state index contributed by atoms with van der Waals surface area (Å²) in [7, 11) is 0. The van der Waals surface area contributed by atoms with E-state index in [1.807, 2.05) is 24.8 Å². The zero-order valence-corrected chi connectivity index (χ0v) is 15.0. The molecular weight excluding hydrogens is 318 g/mol. The molecule has 0 bridgehead atoms. The third-order valence-electron chi connectivity index (χ3n) is 5.36. The number of aryl methyl sites for hydroxylation is 2. The molecule has 2 aliphatic heterocycles. The minimum Gasteiger partial charge on any atom is -0.352 e. The Morgan fingerprint density at radius 3 is 2.52 bits per heavy atom. The van der Waals surface area contributed by atoms with Crippen molar-refractivity contribution in [3.63, 3.8) is 0 Å². The highest BCUT2D eigenvalue weighted by Gasteiger charge is 2.41. The maximum absolute atomic E-state index is 12.9. The Bertz CT molecular complexity index is 629. The molecule has 3 heterocycles. The highest BCUT2D eigenvalue weighted by molar-refractivity contribution is 5.96. The second-order valence-corrected chi connectivity index (χ2v) is 7.22. The lowest BCUT2D eigenvalue weighted by atomic mass is 10.0. The lowest BCUT2D eigenvalue weighted by molar-refractivity contribution is 0.0772. The number of hydrogen-bond acceptors (Lipinski definition) is 4. The molecule has 7 nitrogen and oxygen atoms in total. The smallest absolute Gasteiger partial charge is 0.312 e. The summed E-state index contributed by atoms with van der Waals surface area (Å²) in [6, 6.07) is 1.44. The summed E-state index contributed by atoms with van der Waals surface area (Å²) in [6.07, 6.45) is 2.66. The highest BCUT2D eigenvalue weighted by atomic mass is 16.2. The number of nitrogens with one attached hydrogen (secondary N) is 1. The summed E-state index contributed by atoms with van der Waals surface area (Å²) < 4.78 is 0. The Labute approximate surface area is 148 Å². The van der Waals surface area contributed by atoms with E-state index >= 15 is 0 Å². The Hall–Kier alpha value is -2.15. The first-order chi connectivity index (χ1) is 12.0. The SMILES string of the molecule is Cc1ccnc(C)c1C(=O)N1CC2CN(CCCNC(N)=O)CC2C1. The Kier molecular flexibility index (Phi) is 5.22. The topological polar surface area (TPSA) is 91.6 Å². The largest absolute Gasteiger partial charge is 0.352 e. The van der Waals surface area contributed by atoms with Gasteiger partial charge in [0.1, 0.15) is 0 Å². The Balaban J connectivity index is 1.51. The van der Waals surface area contributed by atoms with E-state index in [4.69, 9.17) is 5.73 Å². The van der Waals surface area contributed by atoms with Crippen molar-refractivity contribution in [2.24, 2.45) is 17.6 Å². The summed E-state index contributed by atoms with van der Waals surface area (Å²) >= 11 is 0. The van der Waals surface area contributed by atoms with Crippen molar-refractivity contribution in [1.82, 2.24) is 20.1 Å². The highest BCUT2D eigenvalue weighted by Crippen LogP contribution is 2.32. The lowest BCUT2D eigenvalue weighted by Crippen LogP contribution is -2.35. The minimum absolute atomic E-state index is 0.120. The number of likely N-dealkylation sites (tertiary alicyclic amines) is 2. The number of aromatic nitrogens is 1. The van der Waals surface area contributed by atoms with Crippen LogP contribution >= 0.6 is 0 Å². The minimum atomic E-state index is -0.464. The number of primary amides is 1. The van der Waals surface area contributed by atoms with Gasteiger partial charge in [0.2, 0.25) is 0 Å². The van der Waals surface area contributed by atoms with E-state index in [9.17, 15) is 9.59 Å². The van der Waals surface area contributed by atoms with Crippen molar-refractivity contribution in [2.45, 2.75) is 20.3 Å². The zero-order chi connectivity index (χ0) is 18.0. The number of hydrogen-bond donors (Lipinski definition) is 2. The maximum Gasteiger partial charge on any atom is 0.312 e. The van der Waals surface area contributed by atoms with Crippen molar-refractivity contribution < 1.29 is 9.59 Å². The average Bonchev–Trinajstić information content (AvgIpc) is 3.09. The number of pyridine rings is 1. The van der Waals surface area contributed by atoms with Crippen LogP contribution in [0.25, 0.3) is 0 Å². The van der Waals surface area contributed by atoms with Crippen molar-refractivity contribution in [3.05, 3.63) is 29.1 Å². The fourth-order valence-corrected chi connectivity index (χ4v) is 4.13. The number of carbonyl (C=O) groups excluding carboxylic acids is 2. The van der Waals surface area contributed by atoms with Crippen LogP contribution in [0.1, 0.15) is 28.0 Å². The van der Waals surface area contributed by atoms with Gasteiger partial charge in [0, 0.05) is 38.9 Å². The molecule has 3 N–H and O–H groups in total. The van der Waals surface area contributed by atoms with Crippen LogP contribution in [0.2, 0.25) is 0 Å². The molecule has 2 atom stereocenters. The molecule has 0 saturated carbocycles. The van der Waals surface area contributed by atoms with Crippen LogP contribution in [-0.4, -0.2) is 66.0 Å². The normalized spacial score (nSPS) is 22.9. The van der Waals surface area contributed by atoms with Crippen LogP contribution < -0.4 is 11.1 Å². The third-order valence-corrected chi connectivity index (χ3v) is 5.36. The Morgan fingerprint density at radius 2 is 1.92 bits per heavy atom. The quantitative estimate of drug-likeness (QED) is 0.771. The van der Waals surface area contributed by atoms with Gasteiger partial charge in [0.25, 0.3) is 5.91 Å². The van der Waals surface area contributed by atoms with E-state index in [0.29, 0.717) is 18.4 Å². The van der Waals surface area contributed by atoms with Crippen molar-refractivity contribution in [3.8, 4) is 0 Å². The van der Waals surface area contributed by atoms with Gasteiger partial charge in [0.15, 0.2) is 0 Å². The van der Waals surface area contributed by atoms with Crippen LogP contribution in [0.4, 0.5) is 4.79 Å².